The highest BCUT2D eigenvalue weighted by atomic mass is 35.5. The van der Waals surface area contributed by atoms with E-state index >= 15 is 0 Å². The summed E-state index contributed by atoms with van der Waals surface area (Å²) in [4.78, 5) is 14.8. The third-order valence-corrected chi connectivity index (χ3v) is 5.95. The van der Waals surface area contributed by atoms with Crippen LogP contribution in [0.3, 0.4) is 0 Å². The van der Waals surface area contributed by atoms with Crippen molar-refractivity contribution in [3.8, 4) is 0 Å². The Morgan fingerprint density at radius 2 is 1.96 bits per heavy atom. The first-order valence-corrected chi connectivity index (χ1v) is 9.69. The van der Waals surface area contributed by atoms with E-state index in [1.165, 1.54) is 0 Å². The lowest BCUT2D eigenvalue weighted by atomic mass is 9.80. The maximum Gasteiger partial charge on any atom is 0.289 e. The lowest BCUT2D eigenvalue weighted by molar-refractivity contribution is 0.0254. The molecule has 7 nitrogen and oxygen atoms in total. The molecule has 1 aromatic carbocycles. The summed E-state index contributed by atoms with van der Waals surface area (Å²) in [6.07, 6.45) is 3.33. The van der Waals surface area contributed by atoms with Crippen LogP contribution in [0.1, 0.15) is 35.4 Å². The molecular formula is C19H24ClN5O2. The summed E-state index contributed by atoms with van der Waals surface area (Å²) in [6, 6.07) is 7.40. The molecule has 1 N–H and O–H groups in total. The summed E-state index contributed by atoms with van der Waals surface area (Å²) in [5, 5.41) is 12.0. The van der Waals surface area contributed by atoms with Gasteiger partial charge in [-0.05, 0) is 42.4 Å². The average molecular weight is 390 g/mol. The van der Waals surface area contributed by atoms with Crippen molar-refractivity contribution in [1.82, 2.24) is 20.1 Å². The lowest BCUT2D eigenvalue weighted by Gasteiger charge is -2.33. The van der Waals surface area contributed by atoms with Crippen molar-refractivity contribution in [2.75, 3.05) is 31.2 Å². The second kappa shape index (κ2) is 7.48. The molecule has 2 fully saturated rings. The fourth-order valence-corrected chi connectivity index (χ4v) is 4.10. The number of halogens is 1. The minimum atomic E-state index is -0.230. The highest BCUT2D eigenvalue weighted by molar-refractivity contribution is 6.30. The number of carbonyl (C=O) groups excluding carboxylic acids is 1. The van der Waals surface area contributed by atoms with E-state index in [4.69, 9.17) is 16.3 Å². The van der Waals surface area contributed by atoms with Crippen LogP contribution in [0.5, 0.6) is 0 Å². The Balaban J connectivity index is 1.41. The van der Waals surface area contributed by atoms with Gasteiger partial charge in [0.1, 0.15) is 0 Å². The molecule has 2 aliphatic rings. The normalized spacial score (nSPS) is 18.8. The van der Waals surface area contributed by atoms with E-state index in [0.717, 1.165) is 57.1 Å². The van der Waals surface area contributed by atoms with E-state index in [2.05, 4.69) is 20.4 Å². The molecule has 1 amide bonds. The molecule has 27 heavy (non-hydrogen) atoms. The van der Waals surface area contributed by atoms with Gasteiger partial charge in [-0.1, -0.05) is 23.7 Å². The fourth-order valence-electron chi connectivity index (χ4n) is 3.98. The largest absolute Gasteiger partial charge is 0.381 e. The smallest absolute Gasteiger partial charge is 0.289 e. The third kappa shape index (κ3) is 3.80. The highest BCUT2D eigenvalue weighted by Gasteiger charge is 2.40. The van der Waals surface area contributed by atoms with Crippen LogP contribution in [-0.4, -0.2) is 47.0 Å². The molecule has 2 aromatic rings. The molecule has 0 bridgehead atoms. The van der Waals surface area contributed by atoms with Crippen LogP contribution >= 0.6 is 11.6 Å². The number of rotatable bonds is 4. The van der Waals surface area contributed by atoms with E-state index in [1.54, 1.807) is 4.57 Å². The molecule has 2 saturated heterocycles. The maximum atomic E-state index is 12.5. The molecule has 1 spiro atoms. The number of ether oxygens (including phenoxy) is 1. The van der Waals surface area contributed by atoms with Crippen LogP contribution < -0.4 is 10.2 Å². The van der Waals surface area contributed by atoms with Crippen molar-refractivity contribution in [3.05, 3.63) is 40.7 Å². The zero-order valence-electron chi connectivity index (χ0n) is 15.4. The van der Waals surface area contributed by atoms with E-state index in [-0.39, 0.29) is 5.91 Å². The maximum absolute atomic E-state index is 12.5. The predicted octanol–water partition coefficient (Wildman–Crippen LogP) is 2.41. The van der Waals surface area contributed by atoms with E-state index in [9.17, 15) is 4.79 Å². The number of benzene rings is 1. The number of nitrogens with zero attached hydrogens (tertiary/aromatic N) is 4. The van der Waals surface area contributed by atoms with Gasteiger partial charge in [-0.25, -0.2) is 0 Å². The molecule has 2 aliphatic heterocycles. The van der Waals surface area contributed by atoms with Crippen LogP contribution in [0.15, 0.2) is 24.3 Å². The van der Waals surface area contributed by atoms with Crippen molar-refractivity contribution >= 4 is 23.5 Å². The molecule has 144 valence electrons. The summed E-state index contributed by atoms with van der Waals surface area (Å²) >= 11 is 5.89. The molecule has 0 atom stereocenters. The Kier molecular flexibility index (Phi) is 5.06. The second-order valence-electron chi connectivity index (χ2n) is 7.48. The van der Waals surface area contributed by atoms with Gasteiger partial charge in [-0.15, -0.1) is 10.2 Å². The molecule has 4 rings (SSSR count). The number of anilines is 1. The van der Waals surface area contributed by atoms with Crippen LogP contribution in [0.2, 0.25) is 5.02 Å². The topological polar surface area (TPSA) is 72.3 Å². The first-order valence-electron chi connectivity index (χ1n) is 9.31. The monoisotopic (exact) mass is 389 g/mol. The highest BCUT2D eigenvalue weighted by Crippen LogP contribution is 2.40. The van der Waals surface area contributed by atoms with Crippen LogP contribution in [0.25, 0.3) is 0 Å². The second-order valence-corrected chi connectivity index (χ2v) is 7.91. The summed E-state index contributed by atoms with van der Waals surface area (Å²) in [5.41, 5.74) is 1.30. The van der Waals surface area contributed by atoms with Gasteiger partial charge in [0.25, 0.3) is 5.91 Å². The minimum Gasteiger partial charge on any atom is -0.381 e. The van der Waals surface area contributed by atoms with Crippen LogP contribution in [0.4, 0.5) is 5.95 Å². The Hall–Kier alpha value is -2.12. The Labute approximate surface area is 163 Å². The Bertz CT molecular complexity index is 814. The SMILES string of the molecule is Cn1c(C(=O)NCc2ccc(Cl)cc2)nnc1N1CCC2(CCOCC2)C1. The molecule has 1 aromatic heterocycles. The number of hydrogen-bond acceptors (Lipinski definition) is 5. The lowest BCUT2D eigenvalue weighted by Crippen LogP contribution is -2.34. The molecular weight excluding hydrogens is 366 g/mol. The molecule has 0 unspecified atom stereocenters. The number of aromatic nitrogens is 3. The van der Waals surface area contributed by atoms with Gasteiger partial charge in [0.15, 0.2) is 0 Å². The van der Waals surface area contributed by atoms with Crippen molar-refractivity contribution < 1.29 is 9.53 Å². The first-order chi connectivity index (χ1) is 13.1. The average Bonchev–Trinajstić information content (AvgIpc) is 3.25. The van der Waals surface area contributed by atoms with E-state index in [1.807, 2.05) is 31.3 Å². The van der Waals surface area contributed by atoms with Gasteiger partial charge in [-0.3, -0.25) is 9.36 Å². The number of hydrogen-bond donors (Lipinski definition) is 1. The van der Waals surface area contributed by atoms with Crippen LogP contribution in [-0.2, 0) is 18.3 Å². The summed E-state index contributed by atoms with van der Waals surface area (Å²) in [7, 11) is 1.85. The van der Waals surface area contributed by atoms with Crippen molar-refractivity contribution in [2.24, 2.45) is 12.5 Å². The van der Waals surface area contributed by atoms with Crippen molar-refractivity contribution in [2.45, 2.75) is 25.8 Å². The number of carbonyl (C=O) groups is 1. The summed E-state index contributed by atoms with van der Waals surface area (Å²) < 4.78 is 7.30. The van der Waals surface area contributed by atoms with Gasteiger partial charge in [-0.2, -0.15) is 0 Å². The molecule has 0 saturated carbocycles. The summed E-state index contributed by atoms with van der Waals surface area (Å²) in [6.45, 7) is 3.99. The third-order valence-electron chi connectivity index (χ3n) is 5.70. The molecule has 8 heteroatoms. The van der Waals surface area contributed by atoms with Crippen molar-refractivity contribution in [3.63, 3.8) is 0 Å². The summed E-state index contributed by atoms with van der Waals surface area (Å²) in [5.74, 6) is 0.855. The van der Waals surface area contributed by atoms with Gasteiger partial charge in [0.2, 0.25) is 11.8 Å². The van der Waals surface area contributed by atoms with E-state index in [0.29, 0.717) is 22.8 Å². The van der Waals surface area contributed by atoms with Crippen molar-refractivity contribution in [1.29, 1.82) is 0 Å². The standard InChI is InChI=1S/C19H24ClN5O2/c1-24-16(17(26)21-12-14-2-4-15(20)5-3-14)22-23-18(24)25-9-6-19(13-25)7-10-27-11-8-19/h2-5H,6-13H2,1H3,(H,21,26). The zero-order valence-corrected chi connectivity index (χ0v) is 16.2. The number of amides is 1. The van der Waals surface area contributed by atoms with Gasteiger partial charge in [0.05, 0.1) is 0 Å². The van der Waals surface area contributed by atoms with Gasteiger partial charge < -0.3 is 15.0 Å². The number of nitrogens with one attached hydrogen (secondary N) is 1. The predicted molar refractivity (Wildman–Crippen MR) is 103 cm³/mol. The molecule has 3 heterocycles. The Morgan fingerprint density at radius 3 is 2.70 bits per heavy atom. The zero-order chi connectivity index (χ0) is 18.9. The molecule has 0 aliphatic carbocycles. The van der Waals surface area contributed by atoms with E-state index < -0.39 is 0 Å². The first kappa shape index (κ1) is 18.3. The van der Waals surface area contributed by atoms with Crippen LogP contribution in [0, 0.1) is 5.41 Å². The minimum absolute atomic E-state index is 0.230. The fraction of sp³-hybridized carbons (Fsp3) is 0.526. The molecule has 0 radical (unpaired) electrons. The van der Waals surface area contributed by atoms with Gasteiger partial charge >= 0.3 is 0 Å². The van der Waals surface area contributed by atoms with Gasteiger partial charge in [0, 0.05) is 44.9 Å². The Morgan fingerprint density at radius 1 is 1.22 bits per heavy atom. The quantitative estimate of drug-likeness (QED) is 0.869.